The Morgan fingerprint density at radius 1 is 1.29 bits per heavy atom. The lowest BCUT2D eigenvalue weighted by molar-refractivity contribution is -0.0732. The van der Waals surface area contributed by atoms with Crippen LogP contribution in [0.15, 0.2) is 11.0 Å². The molecule has 212 valence electrons. The van der Waals surface area contributed by atoms with Crippen molar-refractivity contribution in [3.05, 3.63) is 22.4 Å². The Hall–Kier alpha value is -2.07. The summed E-state index contributed by atoms with van der Waals surface area (Å²) >= 11 is 0. The van der Waals surface area contributed by atoms with Crippen molar-refractivity contribution in [2.45, 2.75) is 37.0 Å². The van der Waals surface area contributed by atoms with Gasteiger partial charge in [-0.05, 0) is 6.92 Å². The van der Waals surface area contributed by atoms with Gasteiger partial charge in [-0.2, -0.15) is 13.6 Å². The minimum absolute atomic E-state index is 0.431. The van der Waals surface area contributed by atoms with E-state index in [4.69, 9.17) is 26.0 Å². The zero-order valence-electron chi connectivity index (χ0n) is 18.7. The maximum absolute atomic E-state index is 14.6. The number of aromatic nitrogens is 3. The number of alkyl halides is 1. The second kappa shape index (κ2) is 10.5. The molecule has 0 radical (unpaired) electrons. The first-order valence-electron chi connectivity index (χ1n) is 9.86. The monoisotopic (exact) mass is 609 g/mol. The van der Waals surface area contributed by atoms with Crippen molar-refractivity contribution in [3.63, 3.8) is 0 Å². The lowest BCUT2D eigenvalue weighted by atomic mass is 9.90. The maximum Gasteiger partial charge on any atom is 0.490 e. The summed E-state index contributed by atoms with van der Waals surface area (Å²) < 4.78 is 80.3. The first kappa shape index (κ1) is 30.5. The van der Waals surface area contributed by atoms with E-state index in [1.54, 1.807) is 0 Å². The number of fused-ring (bicyclic) bond motifs is 1. The molecule has 1 fully saturated rings. The lowest BCUT2D eigenvalue weighted by Gasteiger charge is -2.28. The number of nitrogens with two attached hydrogens (primary N) is 2. The molecule has 1 aliphatic heterocycles. The number of rotatable bonds is 8. The maximum atomic E-state index is 14.6. The van der Waals surface area contributed by atoms with Crippen LogP contribution in [-0.4, -0.2) is 69.7 Å². The van der Waals surface area contributed by atoms with Crippen molar-refractivity contribution in [2.24, 2.45) is 5.73 Å². The van der Waals surface area contributed by atoms with Crippen molar-refractivity contribution >= 4 is 40.4 Å². The molecule has 18 nitrogen and oxygen atoms in total. The first-order chi connectivity index (χ1) is 17.3. The molecule has 0 amide bonds. The van der Waals surface area contributed by atoms with Gasteiger partial charge >= 0.3 is 23.5 Å². The molecule has 0 aliphatic carbocycles. The van der Waals surface area contributed by atoms with E-state index in [-0.39, 0.29) is 0 Å². The number of phosphoric ester groups is 1. The fourth-order valence-corrected chi connectivity index (χ4v) is 6.82. The number of hydrogen-bond acceptors (Lipinski definition) is 12. The number of anilines is 1. The molecule has 0 spiro atoms. The highest BCUT2D eigenvalue weighted by Gasteiger charge is 2.57. The number of nitrogens with one attached hydrogen (secondary N) is 1. The van der Waals surface area contributed by atoms with Gasteiger partial charge in [0.25, 0.3) is 5.56 Å². The summed E-state index contributed by atoms with van der Waals surface area (Å²) in [5, 5.41) is 10.3. The SMILES string of the molecule is C[C@H](OP(=O)(O)OP(=O)(O)OP(=O)(O)O)[C@H]1O[C@@H](n2cc(F)c3c(=O)[nH]c(N)nc32)C(N)(C#CCF)[C@H]1O. The second-order valence-electron chi connectivity index (χ2n) is 7.70. The fraction of sp³-hybridized carbons (Fsp3) is 0.467. The van der Waals surface area contributed by atoms with Gasteiger partial charge in [0, 0.05) is 6.20 Å². The normalized spacial score (nSPS) is 27.9. The summed E-state index contributed by atoms with van der Waals surface area (Å²) in [5.74, 6) is 2.59. The third-order valence-electron chi connectivity index (χ3n) is 4.95. The van der Waals surface area contributed by atoms with E-state index >= 15 is 0 Å². The van der Waals surface area contributed by atoms with Crippen LogP contribution in [0.1, 0.15) is 13.2 Å². The lowest BCUT2D eigenvalue weighted by Crippen LogP contribution is -2.54. The summed E-state index contributed by atoms with van der Waals surface area (Å²) in [5.41, 5.74) is 7.97. The van der Waals surface area contributed by atoms with Crippen molar-refractivity contribution in [2.75, 3.05) is 12.4 Å². The van der Waals surface area contributed by atoms with E-state index in [9.17, 15) is 42.2 Å². The zero-order chi connectivity index (χ0) is 28.8. The molecular weight excluding hydrogens is 589 g/mol. The van der Waals surface area contributed by atoms with Crippen molar-refractivity contribution in [1.82, 2.24) is 14.5 Å². The summed E-state index contributed by atoms with van der Waals surface area (Å²) in [6.45, 7) is -0.293. The Balaban J connectivity index is 1.99. The Kier molecular flexibility index (Phi) is 8.41. The molecule has 0 aromatic carbocycles. The van der Waals surface area contributed by atoms with Gasteiger partial charge in [0.15, 0.2) is 23.2 Å². The van der Waals surface area contributed by atoms with Crippen LogP contribution in [0.5, 0.6) is 0 Å². The summed E-state index contributed by atoms with van der Waals surface area (Å²) in [6, 6.07) is 0. The molecule has 1 aliphatic rings. The van der Waals surface area contributed by atoms with E-state index in [1.165, 1.54) is 0 Å². The smallest absolute Gasteiger partial charge is 0.387 e. The third-order valence-corrected chi connectivity index (χ3v) is 8.88. The predicted octanol–water partition coefficient (Wildman–Crippen LogP) is -0.894. The molecule has 2 aromatic rings. The molecule has 3 rings (SSSR count). The number of halogens is 2. The molecule has 7 atom stereocenters. The number of hydrogen-bond donors (Lipinski definition) is 8. The molecule has 38 heavy (non-hydrogen) atoms. The van der Waals surface area contributed by atoms with Crippen LogP contribution in [0.2, 0.25) is 0 Å². The number of nitrogens with zero attached hydrogens (tertiary/aromatic N) is 2. The standard InChI is InChI=1S/C15H20F2N5O13P3/c1-6(33-37(28,29)35-38(30,31)34-36(25,26)27)9-10(23)15(19,3-2-4-16)13(32-9)22-5-7(17)8-11(22)20-14(18)21-12(8)24/h5-6,9-10,13,23H,4,19H2,1H3,(H,28,29)(H,30,31)(H2,25,26,27)(H3,18,20,21,24)/t6-,9+,10-,13+,15?/m0/s1. The highest BCUT2D eigenvalue weighted by atomic mass is 31.3. The van der Waals surface area contributed by atoms with Crippen molar-refractivity contribution in [1.29, 1.82) is 0 Å². The van der Waals surface area contributed by atoms with Crippen LogP contribution in [0.4, 0.5) is 14.7 Å². The van der Waals surface area contributed by atoms with Gasteiger partial charge in [-0.3, -0.25) is 18.9 Å². The molecular formula is C15H20F2N5O13P3. The Morgan fingerprint density at radius 2 is 1.92 bits per heavy atom. The van der Waals surface area contributed by atoms with Crippen LogP contribution in [-0.2, 0) is 31.6 Å². The minimum atomic E-state index is -5.86. The Bertz CT molecular complexity index is 1500. The number of H-pyrrole nitrogens is 1. The van der Waals surface area contributed by atoms with Gasteiger partial charge in [-0.15, -0.1) is 0 Å². The molecule has 1 saturated heterocycles. The average Bonchev–Trinajstić information content (AvgIpc) is 3.17. The highest BCUT2D eigenvalue weighted by molar-refractivity contribution is 7.66. The summed E-state index contributed by atoms with van der Waals surface area (Å²) in [7, 11) is -17.2. The Labute approximate surface area is 209 Å². The van der Waals surface area contributed by atoms with E-state index in [1.807, 2.05) is 5.92 Å². The van der Waals surface area contributed by atoms with E-state index in [0.717, 1.165) is 11.5 Å². The third kappa shape index (κ3) is 6.38. The largest absolute Gasteiger partial charge is 0.490 e. The zero-order valence-corrected chi connectivity index (χ0v) is 21.4. The van der Waals surface area contributed by atoms with Crippen LogP contribution in [0.25, 0.3) is 11.0 Å². The van der Waals surface area contributed by atoms with Gasteiger partial charge in [0.2, 0.25) is 5.95 Å². The summed E-state index contributed by atoms with van der Waals surface area (Å²) in [4.78, 5) is 54.4. The molecule has 2 aromatic heterocycles. The molecule has 0 bridgehead atoms. The molecule has 3 heterocycles. The molecule has 3 unspecified atom stereocenters. The number of nitrogen functional groups attached to an aromatic ring is 1. The quantitative estimate of drug-likeness (QED) is 0.133. The first-order valence-corrected chi connectivity index (χ1v) is 14.4. The second-order valence-corrected chi connectivity index (χ2v) is 12.1. The molecule has 23 heteroatoms. The van der Waals surface area contributed by atoms with Crippen LogP contribution >= 0.6 is 23.5 Å². The summed E-state index contributed by atoms with van der Waals surface area (Å²) in [6.07, 6.45) is -6.69. The highest BCUT2D eigenvalue weighted by Crippen LogP contribution is 2.66. The Morgan fingerprint density at radius 3 is 2.50 bits per heavy atom. The number of aromatic amines is 1. The molecule has 0 saturated carbocycles. The van der Waals surface area contributed by atoms with E-state index in [0.29, 0.717) is 6.20 Å². The number of ether oxygens (including phenoxy) is 1. The van der Waals surface area contributed by atoms with Crippen molar-refractivity contribution < 1.29 is 65.0 Å². The average molecular weight is 609 g/mol. The van der Waals surface area contributed by atoms with Gasteiger partial charge < -0.3 is 40.9 Å². The topological polar surface area (TPSA) is 292 Å². The van der Waals surface area contributed by atoms with Gasteiger partial charge in [0.1, 0.15) is 24.3 Å². The molecule has 10 N–H and O–H groups in total. The number of aliphatic hydroxyl groups excluding tert-OH is 1. The fourth-order valence-electron chi connectivity index (χ4n) is 3.62. The van der Waals surface area contributed by atoms with E-state index in [2.05, 4.69) is 29.0 Å². The predicted molar refractivity (Wildman–Crippen MR) is 120 cm³/mol. The van der Waals surface area contributed by atoms with E-state index < -0.39 is 88.6 Å². The van der Waals surface area contributed by atoms with Gasteiger partial charge in [-0.25, -0.2) is 22.5 Å². The number of aliphatic hydroxyl groups is 1. The van der Waals surface area contributed by atoms with Gasteiger partial charge in [-0.1, -0.05) is 11.8 Å². The number of phosphoric acid groups is 3. The van der Waals surface area contributed by atoms with Crippen LogP contribution in [0.3, 0.4) is 0 Å². The van der Waals surface area contributed by atoms with Crippen LogP contribution in [0, 0.1) is 17.7 Å². The minimum Gasteiger partial charge on any atom is -0.387 e. The van der Waals surface area contributed by atoms with Crippen LogP contribution < -0.4 is 17.0 Å². The van der Waals surface area contributed by atoms with Crippen molar-refractivity contribution in [3.8, 4) is 11.8 Å². The van der Waals surface area contributed by atoms with Gasteiger partial charge in [0.05, 0.1) is 6.10 Å².